The third-order valence-corrected chi connectivity index (χ3v) is 7.68. The number of benzene rings is 1. The van der Waals surface area contributed by atoms with Crippen molar-refractivity contribution in [1.29, 1.82) is 0 Å². The molecule has 1 aromatic carbocycles. The third-order valence-electron chi connectivity index (χ3n) is 7.68. The zero-order valence-corrected chi connectivity index (χ0v) is 24.7. The highest BCUT2D eigenvalue weighted by Crippen LogP contribution is 2.40. The number of amides is 2. The van der Waals surface area contributed by atoms with Crippen LogP contribution in [0.4, 0.5) is 10.5 Å². The SMILES string of the molecule is COCCOCCCOC(=O)c1cc2cc(NC(=O)[C@@H]3[C@H](C4CCCCC4)CCN3C(=O)OC(C)(C)C)ccc2o1. The van der Waals surface area contributed by atoms with Gasteiger partial charge in [-0.3, -0.25) is 9.69 Å². The fourth-order valence-electron chi connectivity index (χ4n) is 5.81. The lowest BCUT2D eigenvalue weighted by molar-refractivity contribution is -0.122. The van der Waals surface area contributed by atoms with Crippen molar-refractivity contribution >= 4 is 34.6 Å². The number of hydrogen-bond acceptors (Lipinski definition) is 8. The van der Waals surface area contributed by atoms with E-state index in [4.69, 9.17) is 23.4 Å². The molecule has 2 fully saturated rings. The molecule has 10 heteroatoms. The zero-order valence-electron chi connectivity index (χ0n) is 24.7. The third kappa shape index (κ3) is 8.45. The Morgan fingerprint density at radius 3 is 2.51 bits per heavy atom. The van der Waals surface area contributed by atoms with E-state index in [1.165, 1.54) is 6.42 Å². The molecule has 226 valence electrons. The van der Waals surface area contributed by atoms with Crippen LogP contribution in [0, 0.1) is 11.8 Å². The summed E-state index contributed by atoms with van der Waals surface area (Å²) in [7, 11) is 1.61. The van der Waals surface area contributed by atoms with E-state index in [2.05, 4.69) is 5.32 Å². The van der Waals surface area contributed by atoms with Crippen LogP contribution in [0.1, 0.15) is 76.3 Å². The lowest BCUT2D eigenvalue weighted by Gasteiger charge is -2.34. The molecule has 1 saturated heterocycles. The van der Waals surface area contributed by atoms with Crippen LogP contribution in [0.2, 0.25) is 0 Å². The average Bonchev–Trinajstić information content (AvgIpc) is 3.57. The van der Waals surface area contributed by atoms with Gasteiger partial charge in [0.25, 0.3) is 0 Å². The highest BCUT2D eigenvalue weighted by molar-refractivity contribution is 5.99. The predicted molar refractivity (Wildman–Crippen MR) is 154 cm³/mol. The van der Waals surface area contributed by atoms with Gasteiger partial charge in [0.15, 0.2) is 0 Å². The van der Waals surface area contributed by atoms with E-state index >= 15 is 0 Å². The minimum absolute atomic E-state index is 0.0900. The Labute approximate surface area is 242 Å². The maximum Gasteiger partial charge on any atom is 0.410 e. The fraction of sp³-hybridized carbons (Fsp3) is 0.645. The average molecular weight is 573 g/mol. The summed E-state index contributed by atoms with van der Waals surface area (Å²) in [5.74, 6) is -0.189. The number of anilines is 1. The maximum atomic E-state index is 13.8. The Morgan fingerprint density at radius 2 is 1.78 bits per heavy atom. The Morgan fingerprint density at radius 1 is 1.00 bits per heavy atom. The van der Waals surface area contributed by atoms with Crippen LogP contribution in [0.15, 0.2) is 28.7 Å². The molecule has 2 heterocycles. The number of rotatable bonds is 11. The van der Waals surface area contributed by atoms with E-state index in [1.807, 2.05) is 20.8 Å². The Bertz CT molecular complexity index is 1180. The van der Waals surface area contributed by atoms with Crippen LogP contribution < -0.4 is 5.32 Å². The Hall–Kier alpha value is -3.11. The summed E-state index contributed by atoms with van der Waals surface area (Å²) in [5.41, 5.74) is 0.424. The van der Waals surface area contributed by atoms with Crippen molar-refractivity contribution < 1.29 is 37.7 Å². The van der Waals surface area contributed by atoms with Crippen LogP contribution >= 0.6 is 0 Å². The van der Waals surface area contributed by atoms with Gasteiger partial charge in [-0.05, 0) is 63.3 Å². The molecule has 0 spiro atoms. The quantitative estimate of drug-likeness (QED) is 0.266. The first kappa shape index (κ1) is 30.8. The van der Waals surface area contributed by atoms with Crippen LogP contribution in [-0.2, 0) is 23.7 Å². The van der Waals surface area contributed by atoms with Crippen LogP contribution in [0.3, 0.4) is 0 Å². The van der Waals surface area contributed by atoms with E-state index in [-0.39, 0.29) is 24.2 Å². The second-order valence-corrected chi connectivity index (χ2v) is 11.9. The molecule has 4 rings (SSSR count). The molecular weight excluding hydrogens is 528 g/mol. The van der Waals surface area contributed by atoms with Crippen molar-refractivity contribution in [2.45, 2.75) is 77.4 Å². The predicted octanol–water partition coefficient (Wildman–Crippen LogP) is 5.79. The molecule has 0 unspecified atom stereocenters. The smallest absolute Gasteiger partial charge is 0.410 e. The van der Waals surface area contributed by atoms with Gasteiger partial charge in [-0.25, -0.2) is 9.59 Å². The second kappa shape index (κ2) is 14.2. The highest BCUT2D eigenvalue weighted by Gasteiger charge is 2.46. The molecule has 1 saturated carbocycles. The van der Waals surface area contributed by atoms with Gasteiger partial charge in [0.1, 0.15) is 17.2 Å². The molecule has 2 atom stereocenters. The fourth-order valence-corrected chi connectivity index (χ4v) is 5.81. The van der Waals surface area contributed by atoms with Crippen molar-refractivity contribution in [3.63, 3.8) is 0 Å². The summed E-state index contributed by atoms with van der Waals surface area (Å²) in [6, 6.07) is 6.22. The largest absolute Gasteiger partial charge is 0.460 e. The number of carbonyl (C=O) groups excluding carboxylic acids is 3. The highest BCUT2D eigenvalue weighted by atomic mass is 16.6. The Balaban J connectivity index is 1.41. The first-order valence-corrected chi connectivity index (χ1v) is 14.7. The van der Waals surface area contributed by atoms with Crippen LogP contribution in [0.5, 0.6) is 0 Å². The van der Waals surface area contributed by atoms with Gasteiger partial charge in [0.05, 0.1) is 19.8 Å². The summed E-state index contributed by atoms with van der Waals surface area (Å²) < 4.78 is 26.9. The number of nitrogens with one attached hydrogen (secondary N) is 1. The summed E-state index contributed by atoms with van der Waals surface area (Å²) in [6.07, 6.45) is 6.60. The number of methoxy groups -OCH3 is 1. The minimum Gasteiger partial charge on any atom is -0.460 e. The molecule has 41 heavy (non-hydrogen) atoms. The minimum atomic E-state index is -0.649. The number of nitrogens with zero attached hydrogens (tertiary/aromatic N) is 1. The zero-order chi connectivity index (χ0) is 29.4. The standard InChI is InChI=1S/C31H44N2O8/c1-31(2,3)41-30(36)33-14-13-24(21-9-6-5-7-10-21)27(33)28(34)32-23-11-12-25-22(19-23)20-26(40-25)29(35)39-16-8-15-38-18-17-37-4/h11-12,19-21,24,27H,5-10,13-18H2,1-4H3,(H,32,34)/t24-,27-/m0/s1. The summed E-state index contributed by atoms with van der Waals surface area (Å²) >= 11 is 0. The van der Waals surface area contributed by atoms with Crippen molar-refractivity contribution in [1.82, 2.24) is 4.90 Å². The number of esters is 1. The van der Waals surface area contributed by atoms with Crippen LogP contribution in [0.25, 0.3) is 11.0 Å². The molecule has 2 aliphatic rings. The van der Waals surface area contributed by atoms with Gasteiger partial charge in [-0.2, -0.15) is 0 Å². The molecule has 10 nitrogen and oxygen atoms in total. The molecule has 0 bridgehead atoms. The molecule has 2 aromatic rings. The number of likely N-dealkylation sites (tertiary alicyclic amines) is 1. The topological polar surface area (TPSA) is 117 Å². The molecule has 2 amide bonds. The van der Waals surface area contributed by atoms with E-state index in [1.54, 1.807) is 36.3 Å². The molecule has 1 aliphatic heterocycles. The number of carbonyl (C=O) groups is 3. The van der Waals surface area contributed by atoms with Gasteiger partial charge >= 0.3 is 12.1 Å². The number of ether oxygens (including phenoxy) is 4. The monoisotopic (exact) mass is 572 g/mol. The first-order chi connectivity index (χ1) is 19.7. The van der Waals surface area contributed by atoms with Crippen molar-refractivity contribution in [3.8, 4) is 0 Å². The lowest BCUT2D eigenvalue weighted by Crippen LogP contribution is -2.49. The van der Waals surface area contributed by atoms with Crippen LogP contribution in [-0.4, -0.2) is 74.6 Å². The molecular formula is C31H44N2O8. The van der Waals surface area contributed by atoms with Gasteiger partial charge < -0.3 is 28.7 Å². The number of hydrogen-bond donors (Lipinski definition) is 1. The summed E-state index contributed by atoms with van der Waals surface area (Å²) in [4.78, 5) is 40.9. The van der Waals surface area contributed by atoms with Crippen molar-refractivity contribution in [3.05, 3.63) is 30.0 Å². The first-order valence-electron chi connectivity index (χ1n) is 14.7. The van der Waals surface area contributed by atoms with E-state index < -0.39 is 23.7 Å². The molecule has 1 aromatic heterocycles. The van der Waals surface area contributed by atoms with Crippen molar-refractivity contribution in [2.75, 3.05) is 45.4 Å². The normalized spacial score (nSPS) is 19.9. The maximum absolute atomic E-state index is 13.8. The van der Waals surface area contributed by atoms with E-state index in [0.29, 0.717) is 55.4 Å². The van der Waals surface area contributed by atoms with Gasteiger partial charge in [-0.15, -0.1) is 0 Å². The summed E-state index contributed by atoms with van der Waals surface area (Å²) in [6.45, 7) is 7.68. The molecule has 1 aliphatic carbocycles. The molecule has 0 radical (unpaired) electrons. The Kier molecular flexibility index (Phi) is 10.7. The lowest BCUT2D eigenvalue weighted by atomic mass is 9.76. The van der Waals surface area contributed by atoms with E-state index in [0.717, 1.165) is 32.1 Å². The number of furan rings is 1. The molecule has 1 N–H and O–H groups in total. The van der Waals surface area contributed by atoms with Gasteiger partial charge in [-0.1, -0.05) is 32.1 Å². The van der Waals surface area contributed by atoms with Gasteiger partial charge in [0.2, 0.25) is 11.7 Å². The van der Waals surface area contributed by atoms with Gasteiger partial charge in [0, 0.05) is 37.8 Å². The van der Waals surface area contributed by atoms with Crippen molar-refractivity contribution in [2.24, 2.45) is 11.8 Å². The second-order valence-electron chi connectivity index (χ2n) is 11.9. The number of fused-ring (bicyclic) bond motifs is 1. The van der Waals surface area contributed by atoms with E-state index in [9.17, 15) is 14.4 Å². The summed E-state index contributed by atoms with van der Waals surface area (Å²) in [5, 5.41) is 3.69.